The maximum absolute atomic E-state index is 13.5. The highest BCUT2D eigenvalue weighted by molar-refractivity contribution is 6.45. The van der Waals surface area contributed by atoms with Crippen LogP contribution in [0.1, 0.15) is 24.8 Å². The molecule has 0 N–H and O–H groups in total. The molecule has 2 aromatic rings. The van der Waals surface area contributed by atoms with Gasteiger partial charge in [-0.15, -0.1) is 0 Å². The second-order valence-corrected chi connectivity index (χ2v) is 7.12. The van der Waals surface area contributed by atoms with E-state index in [-0.39, 0.29) is 11.8 Å². The quantitative estimate of drug-likeness (QED) is 0.729. The van der Waals surface area contributed by atoms with Gasteiger partial charge in [-0.2, -0.15) is 0 Å². The number of nitrogens with zero attached hydrogens (tertiary/aromatic N) is 2. The molecule has 0 aliphatic carbocycles. The van der Waals surface area contributed by atoms with Crippen LogP contribution >= 0.6 is 0 Å². The Morgan fingerprint density at radius 1 is 0.793 bits per heavy atom. The topological polar surface area (TPSA) is 59.1 Å². The van der Waals surface area contributed by atoms with Gasteiger partial charge in [0.2, 0.25) is 0 Å². The van der Waals surface area contributed by atoms with Crippen LogP contribution < -0.4 is 14.4 Å². The first-order chi connectivity index (χ1) is 14.2. The summed E-state index contributed by atoms with van der Waals surface area (Å²) in [6.07, 6.45) is 3.15. The minimum atomic E-state index is -0.328. The summed E-state index contributed by atoms with van der Waals surface area (Å²) in [6.45, 7) is 1.53. The molecule has 0 aromatic heterocycles. The molecule has 0 unspecified atom stereocenters. The predicted octanol–water partition coefficient (Wildman–Crippen LogP) is 3.47. The van der Waals surface area contributed by atoms with E-state index in [9.17, 15) is 9.59 Å². The van der Waals surface area contributed by atoms with Crippen LogP contribution in [0.5, 0.6) is 11.5 Å². The lowest BCUT2D eigenvalue weighted by atomic mass is 10.0. The molecule has 29 heavy (non-hydrogen) atoms. The van der Waals surface area contributed by atoms with Gasteiger partial charge in [-0.05, 0) is 49.6 Å². The van der Waals surface area contributed by atoms with Gasteiger partial charge in [0.1, 0.15) is 17.2 Å². The number of carbonyl (C=O) groups excluding carboxylic acids is 2. The lowest BCUT2D eigenvalue weighted by molar-refractivity contribution is -0.120. The Kier molecular flexibility index (Phi) is 5.25. The van der Waals surface area contributed by atoms with E-state index in [4.69, 9.17) is 9.47 Å². The van der Waals surface area contributed by atoms with Crippen molar-refractivity contribution in [3.63, 3.8) is 0 Å². The molecule has 1 saturated heterocycles. The van der Waals surface area contributed by atoms with Gasteiger partial charge in [0.15, 0.2) is 0 Å². The zero-order valence-electron chi connectivity index (χ0n) is 16.7. The lowest BCUT2D eigenvalue weighted by Gasteiger charge is -2.29. The standard InChI is InChI=1S/C23H24N2O4/c1-28-17-12-10-16(11-13-17)25-22(26)20(18-8-4-5-9-19(18)29-2)21(23(25)27)24-14-6-3-7-15-24/h4-5,8-13H,3,6-7,14-15H2,1-2H3. The summed E-state index contributed by atoms with van der Waals surface area (Å²) in [5.74, 6) is 0.630. The Hall–Kier alpha value is -3.28. The SMILES string of the molecule is COc1ccc(N2C(=O)C(c3ccccc3OC)=C(N3CCCCC3)C2=O)cc1. The number of imide groups is 1. The van der Waals surface area contributed by atoms with Crippen molar-refractivity contribution in [2.24, 2.45) is 0 Å². The number of methoxy groups -OCH3 is 2. The Bertz CT molecular complexity index is 959. The van der Waals surface area contributed by atoms with Gasteiger partial charge in [0.25, 0.3) is 11.8 Å². The van der Waals surface area contributed by atoms with E-state index < -0.39 is 0 Å². The second kappa shape index (κ2) is 7.99. The number of anilines is 1. The van der Waals surface area contributed by atoms with E-state index in [1.807, 2.05) is 24.3 Å². The Balaban J connectivity index is 1.83. The smallest absolute Gasteiger partial charge is 0.282 e. The molecule has 2 amide bonds. The highest BCUT2D eigenvalue weighted by atomic mass is 16.5. The highest BCUT2D eigenvalue weighted by Crippen LogP contribution is 2.39. The molecule has 6 nitrogen and oxygen atoms in total. The third-order valence-corrected chi connectivity index (χ3v) is 5.44. The number of para-hydroxylation sites is 1. The Morgan fingerprint density at radius 3 is 2.14 bits per heavy atom. The van der Waals surface area contributed by atoms with Crippen LogP contribution in [0.15, 0.2) is 54.2 Å². The number of benzene rings is 2. The van der Waals surface area contributed by atoms with E-state index in [1.54, 1.807) is 38.5 Å². The first-order valence-corrected chi connectivity index (χ1v) is 9.81. The monoisotopic (exact) mass is 392 g/mol. The molecule has 0 spiro atoms. The van der Waals surface area contributed by atoms with Crippen molar-refractivity contribution >= 4 is 23.1 Å². The number of likely N-dealkylation sites (tertiary alicyclic amines) is 1. The van der Waals surface area contributed by atoms with Crippen LogP contribution in [0, 0.1) is 0 Å². The fourth-order valence-electron chi connectivity index (χ4n) is 3.99. The summed E-state index contributed by atoms with van der Waals surface area (Å²) < 4.78 is 10.7. The lowest BCUT2D eigenvalue weighted by Crippen LogP contribution is -2.37. The summed E-state index contributed by atoms with van der Waals surface area (Å²) in [7, 11) is 3.15. The van der Waals surface area contributed by atoms with Crippen LogP contribution in [-0.4, -0.2) is 44.0 Å². The third kappa shape index (κ3) is 3.35. The van der Waals surface area contributed by atoms with E-state index in [2.05, 4.69) is 4.90 Å². The minimum Gasteiger partial charge on any atom is -0.497 e. The molecule has 2 aliphatic heterocycles. The van der Waals surface area contributed by atoms with Crippen LogP contribution in [0.25, 0.3) is 5.57 Å². The zero-order valence-corrected chi connectivity index (χ0v) is 16.7. The van der Waals surface area contributed by atoms with Gasteiger partial charge in [0, 0.05) is 18.7 Å². The van der Waals surface area contributed by atoms with Crippen LogP contribution in [0.2, 0.25) is 0 Å². The van der Waals surface area contributed by atoms with Gasteiger partial charge < -0.3 is 14.4 Å². The molecule has 0 atom stereocenters. The Labute approximate surface area is 170 Å². The molecule has 0 saturated carbocycles. The maximum Gasteiger partial charge on any atom is 0.282 e. The number of piperidine rings is 1. The van der Waals surface area contributed by atoms with Crippen molar-refractivity contribution < 1.29 is 19.1 Å². The van der Waals surface area contributed by atoms with Crippen molar-refractivity contribution in [3.8, 4) is 11.5 Å². The predicted molar refractivity (Wildman–Crippen MR) is 111 cm³/mol. The summed E-state index contributed by atoms with van der Waals surface area (Å²) >= 11 is 0. The average Bonchev–Trinajstić information content (AvgIpc) is 3.04. The molecule has 2 aliphatic rings. The summed E-state index contributed by atoms with van der Waals surface area (Å²) in [5.41, 5.74) is 2.05. The molecular formula is C23H24N2O4. The van der Waals surface area contributed by atoms with Gasteiger partial charge in [-0.3, -0.25) is 9.59 Å². The van der Waals surface area contributed by atoms with E-state index in [0.29, 0.717) is 34.0 Å². The fraction of sp³-hybridized carbons (Fsp3) is 0.304. The van der Waals surface area contributed by atoms with Gasteiger partial charge in [0.05, 0.1) is 25.5 Å². The molecule has 1 fully saturated rings. The molecule has 4 rings (SSSR count). The van der Waals surface area contributed by atoms with Crippen molar-refractivity contribution in [1.82, 2.24) is 4.90 Å². The van der Waals surface area contributed by atoms with Crippen LogP contribution in [0.3, 0.4) is 0 Å². The van der Waals surface area contributed by atoms with Gasteiger partial charge in [-0.25, -0.2) is 4.90 Å². The number of carbonyl (C=O) groups is 2. The summed E-state index contributed by atoms with van der Waals surface area (Å²) in [6, 6.07) is 14.3. The van der Waals surface area contributed by atoms with Gasteiger partial charge >= 0.3 is 0 Å². The summed E-state index contributed by atoms with van der Waals surface area (Å²) in [4.78, 5) is 30.3. The molecule has 2 heterocycles. The van der Waals surface area contributed by atoms with E-state index >= 15 is 0 Å². The minimum absolute atomic E-state index is 0.289. The zero-order chi connectivity index (χ0) is 20.4. The average molecular weight is 392 g/mol. The van der Waals surface area contributed by atoms with Crippen molar-refractivity contribution in [3.05, 3.63) is 59.8 Å². The second-order valence-electron chi connectivity index (χ2n) is 7.12. The third-order valence-electron chi connectivity index (χ3n) is 5.44. The number of hydrogen-bond acceptors (Lipinski definition) is 5. The van der Waals surface area contributed by atoms with Crippen LogP contribution in [-0.2, 0) is 9.59 Å². The molecule has 150 valence electrons. The number of hydrogen-bond donors (Lipinski definition) is 0. The molecule has 6 heteroatoms. The van der Waals surface area contributed by atoms with E-state index in [1.165, 1.54) is 4.90 Å². The largest absolute Gasteiger partial charge is 0.497 e. The van der Waals surface area contributed by atoms with Crippen molar-refractivity contribution in [2.45, 2.75) is 19.3 Å². The molecule has 0 bridgehead atoms. The van der Waals surface area contributed by atoms with Gasteiger partial charge in [-0.1, -0.05) is 18.2 Å². The van der Waals surface area contributed by atoms with E-state index in [0.717, 1.165) is 32.4 Å². The van der Waals surface area contributed by atoms with Crippen molar-refractivity contribution in [1.29, 1.82) is 0 Å². The van der Waals surface area contributed by atoms with Crippen LogP contribution in [0.4, 0.5) is 5.69 Å². The fourth-order valence-corrected chi connectivity index (χ4v) is 3.99. The Morgan fingerprint density at radius 2 is 1.48 bits per heavy atom. The molecule has 0 radical (unpaired) electrons. The first kappa shape index (κ1) is 19.1. The normalized spacial score (nSPS) is 17.2. The number of amides is 2. The summed E-state index contributed by atoms with van der Waals surface area (Å²) in [5, 5.41) is 0. The highest BCUT2D eigenvalue weighted by Gasteiger charge is 2.43. The maximum atomic E-state index is 13.5. The first-order valence-electron chi connectivity index (χ1n) is 9.81. The molecular weight excluding hydrogens is 368 g/mol. The number of ether oxygens (including phenoxy) is 2. The molecule has 2 aromatic carbocycles. The van der Waals surface area contributed by atoms with Crippen molar-refractivity contribution in [2.75, 3.05) is 32.2 Å². The number of rotatable bonds is 5.